The molecule has 1 heterocycles. The molecule has 0 aromatic carbocycles. The minimum absolute atomic E-state index is 0.0995. The third-order valence-electron chi connectivity index (χ3n) is 2.60. The maximum atomic E-state index is 11.5. The lowest BCUT2D eigenvalue weighted by atomic mass is 10.2. The van der Waals surface area contributed by atoms with Gasteiger partial charge in [-0.2, -0.15) is 0 Å². The second-order valence-corrected chi connectivity index (χ2v) is 3.95. The third-order valence-corrected chi connectivity index (χ3v) is 2.60. The van der Waals surface area contributed by atoms with E-state index >= 15 is 0 Å². The molecule has 0 spiro atoms. The second kappa shape index (κ2) is 3.96. The van der Waals surface area contributed by atoms with Crippen molar-refractivity contribution in [3.8, 4) is 0 Å². The maximum Gasteiger partial charge on any atom is 0.220 e. The van der Waals surface area contributed by atoms with E-state index in [4.69, 9.17) is 0 Å². The van der Waals surface area contributed by atoms with Crippen LogP contribution in [0, 0.1) is 0 Å². The summed E-state index contributed by atoms with van der Waals surface area (Å²) in [5.74, 6) is 0.844. The molecule has 0 atom stereocenters. The van der Waals surface area contributed by atoms with E-state index in [1.807, 2.05) is 6.92 Å². The number of rotatable bonds is 4. The Balaban J connectivity index is 2.05. The Morgan fingerprint density at radius 3 is 2.67 bits per heavy atom. The van der Waals surface area contributed by atoms with Crippen LogP contribution in [0.5, 0.6) is 0 Å². The molecule has 1 saturated carbocycles. The van der Waals surface area contributed by atoms with Crippen LogP contribution in [0.4, 0.5) is 0 Å². The molecule has 15 heavy (non-hydrogen) atoms. The highest BCUT2D eigenvalue weighted by molar-refractivity contribution is 5.77. The quantitative estimate of drug-likeness (QED) is 0.808. The minimum Gasteiger partial charge on any atom is -0.343 e. The van der Waals surface area contributed by atoms with Gasteiger partial charge in [0.2, 0.25) is 5.91 Å². The Bertz CT molecular complexity index is 346. The van der Waals surface area contributed by atoms with Gasteiger partial charge in [-0.05, 0) is 25.3 Å². The minimum atomic E-state index is -0.256. The van der Waals surface area contributed by atoms with Crippen molar-refractivity contribution in [1.29, 1.82) is 0 Å². The molecule has 0 saturated heterocycles. The van der Waals surface area contributed by atoms with E-state index in [0.29, 0.717) is 6.42 Å². The first-order valence-corrected chi connectivity index (χ1v) is 5.35. The molecule has 0 unspecified atom stereocenters. The number of hydrogen-bond acceptors (Lipinski definition) is 3. The van der Waals surface area contributed by atoms with Crippen LogP contribution in [0.1, 0.15) is 38.4 Å². The zero-order valence-electron chi connectivity index (χ0n) is 8.86. The van der Waals surface area contributed by atoms with E-state index in [1.54, 1.807) is 18.5 Å². The summed E-state index contributed by atoms with van der Waals surface area (Å²) in [6.45, 7) is 2.00. The highest BCUT2D eigenvalue weighted by atomic mass is 16.1. The van der Waals surface area contributed by atoms with Gasteiger partial charge in [0.05, 0.1) is 5.54 Å². The first-order chi connectivity index (χ1) is 7.27. The van der Waals surface area contributed by atoms with Gasteiger partial charge in [0.15, 0.2) is 5.82 Å². The van der Waals surface area contributed by atoms with E-state index in [0.717, 1.165) is 25.1 Å². The fourth-order valence-electron chi connectivity index (χ4n) is 1.63. The smallest absolute Gasteiger partial charge is 0.220 e. The molecule has 4 nitrogen and oxygen atoms in total. The van der Waals surface area contributed by atoms with Crippen molar-refractivity contribution in [2.75, 3.05) is 0 Å². The van der Waals surface area contributed by atoms with Crippen molar-refractivity contribution in [3.63, 3.8) is 0 Å². The van der Waals surface area contributed by atoms with E-state index in [2.05, 4.69) is 15.3 Å². The van der Waals surface area contributed by atoms with Crippen LogP contribution in [0.25, 0.3) is 0 Å². The van der Waals surface area contributed by atoms with Crippen LogP contribution in [-0.4, -0.2) is 15.9 Å². The number of carbonyl (C=O) groups excluding carboxylic acids is 1. The summed E-state index contributed by atoms with van der Waals surface area (Å²) in [6.07, 6.45) is 6.79. The molecule has 1 N–H and O–H groups in total. The monoisotopic (exact) mass is 205 g/mol. The second-order valence-electron chi connectivity index (χ2n) is 3.95. The predicted octanol–water partition coefficient (Wildman–Crippen LogP) is 1.38. The van der Waals surface area contributed by atoms with Crippen molar-refractivity contribution in [2.45, 2.75) is 38.1 Å². The SMILES string of the molecule is CCCC(=O)NC1(c2ncccn2)CC1. The van der Waals surface area contributed by atoms with Gasteiger partial charge in [0.1, 0.15) is 0 Å². The van der Waals surface area contributed by atoms with Gasteiger partial charge in [0.25, 0.3) is 0 Å². The number of nitrogens with zero attached hydrogens (tertiary/aromatic N) is 2. The summed E-state index contributed by atoms with van der Waals surface area (Å²) in [5, 5.41) is 3.02. The summed E-state index contributed by atoms with van der Waals surface area (Å²) >= 11 is 0. The normalized spacial score (nSPS) is 17.1. The molecule has 0 radical (unpaired) electrons. The Kier molecular flexibility index (Phi) is 2.66. The van der Waals surface area contributed by atoms with Gasteiger partial charge in [-0.3, -0.25) is 4.79 Å². The Morgan fingerprint density at radius 1 is 1.47 bits per heavy atom. The molecule has 1 amide bonds. The fraction of sp³-hybridized carbons (Fsp3) is 0.545. The summed E-state index contributed by atoms with van der Waals surface area (Å²) in [4.78, 5) is 19.9. The van der Waals surface area contributed by atoms with Crippen molar-refractivity contribution >= 4 is 5.91 Å². The van der Waals surface area contributed by atoms with Crippen molar-refractivity contribution in [3.05, 3.63) is 24.3 Å². The summed E-state index contributed by atoms with van der Waals surface area (Å²) in [5.41, 5.74) is -0.256. The van der Waals surface area contributed by atoms with Gasteiger partial charge >= 0.3 is 0 Å². The summed E-state index contributed by atoms with van der Waals surface area (Å²) in [7, 11) is 0. The van der Waals surface area contributed by atoms with E-state index in [1.165, 1.54) is 0 Å². The number of nitrogens with one attached hydrogen (secondary N) is 1. The molecule has 1 fully saturated rings. The molecule has 80 valence electrons. The lowest BCUT2D eigenvalue weighted by molar-refractivity contribution is -0.122. The predicted molar refractivity (Wildman–Crippen MR) is 56.0 cm³/mol. The molecule has 1 aromatic rings. The van der Waals surface area contributed by atoms with Gasteiger partial charge in [0, 0.05) is 18.8 Å². The molecule has 1 aromatic heterocycles. The molecule has 2 rings (SSSR count). The van der Waals surface area contributed by atoms with Gasteiger partial charge in [-0.15, -0.1) is 0 Å². The number of amides is 1. The van der Waals surface area contributed by atoms with Crippen molar-refractivity contribution < 1.29 is 4.79 Å². The van der Waals surface area contributed by atoms with Crippen LogP contribution in [0.2, 0.25) is 0 Å². The highest BCUT2D eigenvalue weighted by Crippen LogP contribution is 2.43. The van der Waals surface area contributed by atoms with Crippen LogP contribution in [0.3, 0.4) is 0 Å². The van der Waals surface area contributed by atoms with E-state index in [-0.39, 0.29) is 11.4 Å². The van der Waals surface area contributed by atoms with Crippen molar-refractivity contribution in [1.82, 2.24) is 15.3 Å². The topological polar surface area (TPSA) is 54.9 Å². The van der Waals surface area contributed by atoms with Crippen LogP contribution >= 0.6 is 0 Å². The van der Waals surface area contributed by atoms with Crippen molar-refractivity contribution in [2.24, 2.45) is 0 Å². The zero-order valence-corrected chi connectivity index (χ0v) is 8.86. The maximum absolute atomic E-state index is 11.5. The Labute approximate surface area is 89.1 Å². The summed E-state index contributed by atoms with van der Waals surface area (Å²) < 4.78 is 0. The van der Waals surface area contributed by atoms with Gasteiger partial charge in [-0.1, -0.05) is 6.92 Å². The first kappa shape index (κ1) is 10.1. The Morgan fingerprint density at radius 2 is 2.13 bits per heavy atom. The number of hydrogen-bond donors (Lipinski definition) is 1. The largest absolute Gasteiger partial charge is 0.343 e. The molecule has 1 aliphatic carbocycles. The average Bonchev–Trinajstić information content (AvgIpc) is 3.01. The molecule has 0 aliphatic heterocycles. The average molecular weight is 205 g/mol. The zero-order chi connectivity index (χ0) is 10.7. The highest BCUT2D eigenvalue weighted by Gasteiger charge is 2.48. The standard InChI is InChI=1S/C11H15N3O/c1-2-4-9(15)14-11(5-6-11)10-12-7-3-8-13-10/h3,7-8H,2,4-6H2,1H3,(H,14,15). The molecule has 4 heteroatoms. The molecular weight excluding hydrogens is 190 g/mol. The lowest BCUT2D eigenvalue weighted by Gasteiger charge is -2.15. The number of carbonyl (C=O) groups is 1. The Hall–Kier alpha value is -1.45. The summed E-state index contributed by atoms with van der Waals surface area (Å²) in [6, 6.07) is 1.79. The lowest BCUT2D eigenvalue weighted by Crippen LogP contribution is -2.35. The van der Waals surface area contributed by atoms with Crippen LogP contribution in [-0.2, 0) is 10.3 Å². The third kappa shape index (κ3) is 2.14. The number of aromatic nitrogens is 2. The van der Waals surface area contributed by atoms with E-state index < -0.39 is 0 Å². The molecule has 1 aliphatic rings. The fourth-order valence-corrected chi connectivity index (χ4v) is 1.63. The molecular formula is C11H15N3O. The van der Waals surface area contributed by atoms with Crippen LogP contribution in [0.15, 0.2) is 18.5 Å². The molecule has 0 bridgehead atoms. The first-order valence-electron chi connectivity index (χ1n) is 5.35. The van der Waals surface area contributed by atoms with Crippen LogP contribution < -0.4 is 5.32 Å². The van der Waals surface area contributed by atoms with Gasteiger partial charge < -0.3 is 5.32 Å². The van der Waals surface area contributed by atoms with E-state index in [9.17, 15) is 4.79 Å². The van der Waals surface area contributed by atoms with Gasteiger partial charge in [-0.25, -0.2) is 9.97 Å².